The van der Waals surface area contributed by atoms with Gasteiger partial charge in [-0.3, -0.25) is 11.1 Å². The molecule has 0 aromatic carbocycles. The van der Waals surface area contributed by atoms with Crippen LogP contribution in [0.5, 0.6) is 0 Å². The summed E-state index contributed by atoms with van der Waals surface area (Å²) in [4.78, 5) is 12.3. The first-order valence-electron chi connectivity index (χ1n) is 21.9. The number of methoxy groups -OCH3 is 1. The van der Waals surface area contributed by atoms with Gasteiger partial charge in [-0.15, -0.1) is 0 Å². The van der Waals surface area contributed by atoms with Crippen LogP contribution in [0.4, 0.5) is 0 Å². The zero-order valence-corrected chi connectivity index (χ0v) is 34.3. The van der Waals surface area contributed by atoms with E-state index in [0.717, 1.165) is 64.3 Å². The monoisotopic (exact) mass is 802 g/mol. The second kappa shape index (κ2) is 22.0. The summed E-state index contributed by atoms with van der Waals surface area (Å²) in [5, 5.41) is 73.0. The fourth-order valence-electron chi connectivity index (χ4n) is 11.2. The fourth-order valence-corrected chi connectivity index (χ4v) is 11.2. The van der Waals surface area contributed by atoms with E-state index in [1.54, 1.807) is 14.0 Å². The lowest BCUT2D eigenvalue weighted by molar-refractivity contribution is -0.744. The quantitative estimate of drug-likeness (QED) is 0.0499. The summed E-state index contributed by atoms with van der Waals surface area (Å²) in [6.45, 7) is 5.70. The molecule has 9 unspecified atom stereocenters. The van der Waals surface area contributed by atoms with E-state index < -0.39 is 48.0 Å². The van der Waals surface area contributed by atoms with E-state index in [4.69, 9.17) is 24.7 Å². The minimum absolute atomic E-state index is 0.0217. The van der Waals surface area contributed by atoms with Gasteiger partial charge in [-0.25, -0.2) is 0 Å². The number of hydrogen-bond acceptors (Lipinski definition) is 13. The van der Waals surface area contributed by atoms with Crippen molar-refractivity contribution < 1.29 is 65.0 Å². The minimum atomic E-state index is -1.05. The van der Waals surface area contributed by atoms with Gasteiger partial charge in [-0.1, -0.05) is 0 Å². The molecule has 0 radical (unpaired) electrons. The molecule has 0 aromatic heterocycles. The average Bonchev–Trinajstić information content (AvgIpc) is 3.15. The molecule has 0 aromatic rings. The lowest BCUT2D eigenvalue weighted by atomic mass is 9.64. The Morgan fingerprint density at radius 3 is 2.48 bits per heavy atom. The molecule has 0 bridgehead atoms. The van der Waals surface area contributed by atoms with Gasteiger partial charge in [0.25, 0.3) is 0 Å². The van der Waals surface area contributed by atoms with Crippen molar-refractivity contribution in [1.82, 2.24) is 5.32 Å². The molecule has 3 aliphatic heterocycles. The highest BCUT2D eigenvalue weighted by Crippen LogP contribution is 2.44. The van der Waals surface area contributed by atoms with Crippen LogP contribution in [0.25, 0.3) is 0 Å². The first-order chi connectivity index (χ1) is 26.8. The molecule has 2 aliphatic carbocycles. The number of carbonyl (C=O) groups excluding carboxylic acids is 1. The van der Waals surface area contributed by atoms with Gasteiger partial charge in [0.15, 0.2) is 0 Å². The normalized spacial score (nSPS) is 43.0. The Morgan fingerprint density at radius 1 is 0.982 bits per heavy atom. The molecule has 5 aliphatic rings. The zero-order chi connectivity index (χ0) is 40.4. The van der Waals surface area contributed by atoms with Gasteiger partial charge in [-0.2, -0.15) is 0 Å². The Hall–Kier alpha value is -1.05. The number of carboxylic acids is 1. The number of aliphatic carboxylic acids is 1. The van der Waals surface area contributed by atoms with Crippen LogP contribution in [0, 0.1) is 29.1 Å². The number of hydrogen-bond donors (Lipinski definition) is 9. The highest BCUT2D eigenvalue weighted by molar-refractivity contribution is 5.65. The van der Waals surface area contributed by atoms with Crippen LogP contribution in [0.15, 0.2) is 0 Å². The number of ether oxygens (including phenoxy) is 4. The number of carboxylic acid groups (broad SMARTS) is 1. The maximum absolute atomic E-state index is 12.3. The topological polar surface area (TPSA) is 249 Å². The molecular weight excluding hydrogens is 724 g/mol. The number of piperidine rings is 2. The summed E-state index contributed by atoms with van der Waals surface area (Å²) in [6, 6.07) is 0.171. The van der Waals surface area contributed by atoms with Crippen LogP contribution in [0.3, 0.4) is 0 Å². The first-order valence-corrected chi connectivity index (χ1v) is 21.9. The number of nitrogens with two attached hydrogens (primary N) is 3. The molecule has 3 heterocycles. The van der Waals surface area contributed by atoms with E-state index in [0.29, 0.717) is 56.5 Å². The number of aliphatic hydroxyl groups is 5. The summed E-state index contributed by atoms with van der Waals surface area (Å²) in [5.41, 5.74) is 5.81. The molecule has 15 heteroatoms. The second-order valence-electron chi connectivity index (χ2n) is 18.6. The van der Waals surface area contributed by atoms with Crippen molar-refractivity contribution in [3.8, 4) is 0 Å². The molecule has 2 saturated carbocycles. The fraction of sp³-hybridized carbons (Fsp3) is 0.976. The molecule has 56 heavy (non-hydrogen) atoms. The number of rotatable bonds is 19. The van der Waals surface area contributed by atoms with E-state index in [9.17, 15) is 35.4 Å². The van der Waals surface area contributed by atoms with E-state index in [-0.39, 0.29) is 68.7 Å². The summed E-state index contributed by atoms with van der Waals surface area (Å²) in [5.74, 6) is -0.771. The number of aliphatic hydroxyl groups excluding tert-OH is 5. The maximum atomic E-state index is 12.3. The van der Waals surface area contributed by atoms with E-state index >= 15 is 0 Å². The van der Waals surface area contributed by atoms with Gasteiger partial charge in [0, 0.05) is 44.0 Å². The Bertz CT molecular complexity index is 1170. The van der Waals surface area contributed by atoms with Gasteiger partial charge in [-0.05, 0) is 121 Å². The van der Waals surface area contributed by atoms with Crippen molar-refractivity contribution in [2.75, 3.05) is 40.1 Å². The van der Waals surface area contributed by atoms with Gasteiger partial charge in [0.2, 0.25) is 0 Å². The van der Waals surface area contributed by atoms with Gasteiger partial charge in [0.05, 0.1) is 74.8 Å². The average molecular weight is 802 g/mol. The lowest BCUT2D eigenvalue weighted by Crippen LogP contribution is -3.00. The third-order valence-electron chi connectivity index (χ3n) is 14.2. The molecular formula is C41H77N4O11+. The van der Waals surface area contributed by atoms with Gasteiger partial charge < -0.3 is 65.0 Å². The number of nitrogens with one attached hydrogen (secondary N) is 1. The Labute approximate surface area is 334 Å². The SMILES string of the molecule is COC1CC([C@@H]2O[C@@H](CCC3CCC(O)C(OCNC[C@H](C)O)C3)C[C@H](O)[C@@H]2CCO)CC(OC[C@H]2[NH2+][C@H](C)CC[C@]2(CC(=O)[O-])CC2CC[NH2+]C(N)C2)C1O. The van der Waals surface area contributed by atoms with Crippen LogP contribution in [-0.4, -0.2) is 145 Å². The second-order valence-corrected chi connectivity index (χ2v) is 18.6. The lowest BCUT2D eigenvalue weighted by Gasteiger charge is -2.49. The molecule has 0 spiro atoms. The van der Waals surface area contributed by atoms with Crippen LogP contribution in [0.1, 0.15) is 110 Å². The molecule has 3 saturated heterocycles. The maximum Gasteiger partial charge on any atom is 0.137 e. The third kappa shape index (κ3) is 12.7. The predicted molar refractivity (Wildman–Crippen MR) is 204 cm³/mol. The number of carbonyl (C=O) groups is 1. The van der Waals surface area contributed by atoms with Crippen molar-refractivity contribution in [1.29, 1.82) is 0 Å². The summed E-state index contributed by atoms with van der Waals surface area (Å²) >= 11 is 0. The van der Waals surface area contributed by atoms with Gasteiger partial charge >= 0.3 is 0 Å². The van der Waals surface area contributed by atoms with E-state index in [1.807, 2.05) is 0 Å². The zero-order valence-electron chi connectivity index (χ0n) is 34.3. The first kappa shape index (κ1) is 46.0. The van der Waals surface area contributed by atoms with Crippen LogP contribution < -0.4 is 26.8 Å². The highest BCUT2D eigenvalue weighted by Gasteiger charge is 2.51. The van der Waals surface area contributed by atoms with Crippen molar-refractivity contribution in [3.63, 3.8) is 0 Å². The summed E-state index contributed by atoms with van der Waals surface area (Å²) in [6.07, 6.45) is 5.53. The largest absolute Gasteiger partial charge is 0.550 e. The van der Waals surface area contributed by atoms with Crippen molar-refractivity contribution in [2.24, 2.45) is 34.8 Å². The van der Waals surface area contributed by atoms with Crippen LogP contribution >= 0.6 is 0 Å². The van der Waals surface area contributed by atoms with Crippen LogP contribution in [-0.2, 0) is 23.7 Å². The number of quaternary nitrogens is 2. The molecule has 5 fully saturated rings. The minimum Gasteiger partial charge on any atom is -0.550 e. The smallest absolute Gasteiger partial charge is 0.137 e. The molecule has 12 N–H and O–H groups in total. The molecule has 15 nitrogen and oxygen atoms in total. The highest BCUT2D eigenvalue weighted by atomic mass is 16.5. The molecule has 17 atom stereocenters. The predicted octanol–water partition coefficient (Wildman–Crippen LogP) is -2.18. The van der Waals surface area contributed by atoms with Crippen molar-refractivity contribution in [2.45, 2.75) is 183 Å². The molecule has 5 rings (SSSR count). The Balaban J connectivity index is 1.24. The van der Waals surface area contributed by atoms with Crippen molar-refractivity contribution >= 4 is 5.97 Å². The summed E-state index contributed by atoms with van der Waals surface area (Å²) in [7, 11) is 1.59. The van der Waals surface area contributed by atoms with E-state index in [2.05, 4.69) is 22.9 Å². The molecule has 0 amide bonds. The van der Waals surface area contributed by atoms with E-state index in [1.165, 1.54) is 0 Å². The molecule has 326 valence electrons. The van der Waals surface area contributed by atoms with Gasteiger partial charge in [0.1, 0.15) is 18.3 Å². The Morgan fingerprint density at radius 2 is 1.77 bits per heavy atom. The van der Waals surface area contributed by atoms with Crippen LogP contribution in [0.2, 0.25) is 0 Å². The third-order valence-corrected chi connectivity index (χ3v) is 14.2. The van der Waals surface area contributed by atoms with Crippen molar-refractivity contribution in [3.05, 3.63) is 0 Å². The summed E-state index contributed by atoms with van der Waals surface area (Å²) < 4.78 is 25.4. The Kier molecular flexibility index (Phi) is 18.1. The standard InChI is InChI=1S/C41H76N4O11/c1-24-8-11-41(20-38(50)51,19-27-9-12-44-37(42)15-27)36(45-24)22-54-35-17-28(16-34(53-3)39(35)52)40-30(10-13-46)32(49)18-29(56-40)6-4-26-5-7-31(48)33(14-26)55-23-43-21-25(2)47/h24-37,39-40,43-49,52H,4-23,42H2,1-3H3,(H,50,51)/p+1/t24-,25+,26?,27?,28?,29+,30+,31?,32+,33?,34?,35?,36-,37?,39?,40+,41-/m1/s1.